The van der Waals surface area contributed by atoms with Gasteiger partial charge in [0, 0.05) is 13.0 Å². The van der Waals surface area contributed by atoms with E-state index in [2.05, 4.69) is 5.32 Å². The minimum absolute atomic E-state index is 0.133. The largest absolute Gasteiger partial charge is 0.393 e. The lowest BCUT2D eigenvalue weighted by Gasteiger charge is -2.30. The zero-order chi connectivity index (χ0) is 8.97. The molecule has 12 heavy (non-hydrogen) atoms. The minimum Gasteiger partial charge on any atom is -0.393 e. The summed E-state index contributed by atoms with van der Waals surface area (Å²) in [4.78, 5) is 11.1. The van der Waals surface area contributed by atoms with Gasteiger partial charge in [-0.15, -0.1) is 0 Å². The molecule has 0 atom stereocenters. The molecule has 0 spiro atoms. The highest BCUT2D eigenvalue weighted by Crippen LogP contribution is 2.29. The molecular weight excluding hydrogens is 154 g/mol. The standard InChI is InChI=1S/C9H17NO2/c1-2-3-10-9(12)6-7-4-8(11)5-7/h7-8,11H,2-6H2,1H3,(H,10,12). The Morgan fingerprint density at radius 2 is 2.25 bits per heavy atom. The number of carbonyl (C=O) groups excluding carboxylic acids is 1. The van der Waals surface area contributed by atoms with Crippen LogP contribution in [0.5, 0.6) is 0 Å². The molecule has 70 valence electrons. The third-order valence-corrected chi connectivity index (χ3v) is 2.26. The van der Waals surface area contributed by atoms with Crippen LogP contribution in [-0.4, -0.2) is 23.7 Å². The highest BCUT2D eigenvalue weighted by Gasteiger charge is 2.28. The highest BCUT2D eigenvalue weighted by molar-refractivity contribution is 5.76. The molecule has 1 amide bonds. The summed E-state index contributed by atoms with van der Waals surface area (Å²) in [5.41, 5.74) is 0. The van der Waals surface area contributed by atoms with E-state index in [9.17, 15) is 4.79 Å². The fraction of sp³-hybridized carbons (Fsp3) is 0.889. The van der Waals surface area contributed by atoms with E-state index in [4.69, 9.17) is 5.11 Å². The van der Waals surface area contributed by atoms with Gasteiger partial charge in [0.25, 0.3) is 0 Å². The molecule has 0 aromatic heterocycles. The molecule has 0 saturated heterocycles. The van der Waals surface area contributed by atoms with Crippen molar-refractivity contribution in [3.8, 4) is 0 Å². The lowest BCUT2D eigenvalue weighted by molar-refractivity contribution is -0.123. The number of aliphatic hydroxyl groups is 1. The average molecular weight is 171 g/mol. The molecule has 0 aromatic carbocycles. The summed E-state index contributed by atoms with van der Waals surface area (Å²) in [6, 6.07) is 0. The Morgan fingerprint density at radius 3 is 2.75 bits per heavy atom. The predicted molar refractivity (Wildman–Crippen MR) is 46.6 cm³/mol. The second kappa shape index (κ2) is 4.45. The fourth-order valence-electron chi connectivity index (χ4n) is 1.47. The lowest BCUT2D eigenvalue weighted by atomic mass is 9.80. The third kappa shape index (κ3) is 2.81. The first-order valence-electron chi connectivity index (χ1n) is 4.67. The molecule has 0 aromatic rings. The normalized spacial score (nSPS) is 27.8. The molecule has 3 heteroatoms. The molecular formula is C9H17NO2. The molecule has 1 rings (SSSR count). The van der Waals surface area contributed by atoms with Gasteiger partial charge in [-0.1, -0.05) is 6.92 Å². The number of nitrogens with one attached hydrogen (secondary N) is 1. The van der Waals surface area contributed by atoms with Gasteiger partial charge in [0.05, 0.1) is 6.10 Å². The topological polar surface area (TPSA) is 49.3 Å². The van der Waals surface area contributed by atoms with Crippen LogP contribution in [0.2, 0.25) is 0 Å². The summed E-state index contributed by atoms with van der Waals surface area (Å²) in [6.45, 7) is 2.81. The maximum Gasteiger partial charge on any atom is 0.220 e. The van der Waals surface area contributed by atoms with Crippen molar-refractivity contribution in [3.05, 3.63) is 0 Å². The Labute approximate surface area is 73.2 Å². The van der Waals surface area contributed by atoms with Gasteiger partial charge in [0.2, 0.25) is 5.91 Å². The van der Waals surface area contributed by atoms with Crippen LogP contribution in [0.1, 0.15) is 32.6 Å². The Morgan fingerprint density at radius 1 is 1.58 bits per heavy atom. The van der Waals surface area contributed by atoms with Gasteiger partial charge in [-0.05, 0) is 25.2 Å². The first kappa shape index (κ1) is 9.52. The van der Waals surface area contributed by atoms with Crippen molar-refractivity contribution >= 4 is 5.91 Å². The number of rotatable bonds is 4. The number of amides is 1. The lowest BCUT2D eigenvalue weighted by Crippen LogP contribution is -2.34. The van der Waals surface area contributed by atoms with E-state index in [1.165, 1.54) is 0 Å². The third-order valence-electron chi connectivity index (χ3n) is 2.26. The zero-order valence-corrected chi connectivity index (χ0v) is 7.55. The minimum atomic E-state index is -0.144. The summed E-state index contributed by atoms with van der Waals surface area (Å²) in [5, 5.41) is 11.8. The number of aliphatic hydroxyl groups excluding tert-OH is 1. The molecule has 0 radical (unpaired) electrons. The van der Waals surface area contributed by atoms with Crippen molar-refractivity contribution in [2.45, 2.75) is 38.7 Å². The van der Waals surface area contributed by atoms with Gasteiger partial charge in [0.1, 0.15) is 0 Å². The number of carbonyl (C=O) groups is 1. The van der Waals surface area contributed by atoms with E-state index < -0.39 is 0 Å². The van der Waals surface area contributed by atoms with Gasteiger partial charge in [0.15, 0.2) is 0 Å². The van der Waals surface area contributed by atoms with Crippen molar-refractivity contribution < 1.29 is 9.90 Å². The fourth-order valence-corrected chi connectivity index (χ4v) is 1.47. The van der Waals surface area contributed by atoms with Crippen LogP contribution in [0.4, 0.5) is 0 Å². The average Bonchev–Trinajstić information content (AvgIpc) is 1.98. The Bertz CT molecular complexity index is 153. The van der Waals surface area contributed by atoms with E-state index in [-0.39, 0.29) is 12.0 Å². The van der Waals surface area contributed by atoms with Crippen molar-refractivity contribution in [3.63, 3.8) is 0 Å². The van der Waals surface area contributed by atoms with Crippen molar-refractivity contribution in [2.75, 3.05) is 6.54 Å². The van der Waals surface area contributed by atoms with Crippen LogP contribution in [0.15, 0.2) is 0 Å². The molecule has 0 heterocycles. The molecule has 3 nitrogen and oxygen atoms in total. The summed E-state index contributed by atoms with van der Waals surface area (Å²) < 4.78 is 0. The smallest absolute Gasteiger partial charge is 0.220 e. The molecule has 2 N–H and O–H groups in total. The van der Waals surface area contributed by atoms with Crippen molar-refractivity contribution in [1.82, 2.24) is 5.32 Å². The van der Waals surface area contributed by atoms with Gasteiger partial charge in [-0.2, -0.15) is 0 Å². The predicted octanol–water partition coefficient (Wildman–Crippen LogP) is 0.674. The first-order chi connectivity index (χ1) is 5.72. The second-order valence-electron chi connectivity index (χ2n) is 3.55. The molecule has 1 saturated carbocycles. The van der Waals surface area contributed by atoms with E-state index in [0.717, 1.165) is 25.8 Å². The summed E-state index contributed by atoms with van der Waals surface area (Å²) in [6.07, 6.45) is 3.05. The van der Waals surface area contributed by atoms with E-state index in [0.29, 0.717) is 12.3 Å². The Kier molecular flexibility index (Phi) is 3.53. The molecule has 1 aliphatic carbocycles. The van der Waals surface area contributed by atoms with Crippen LogP contribution >= 0.6 is 0 Å². The number of hydrogen-bond donors (Lipinski definition) is 2. The van der Waals surface area contributed by atoms with Crippen LogP contribution in [-0.2, 0) is 4.79 Å². The zero-order valence-electron chi connectivity index (χ0n) is 7.55. The second-order valence-corrected chi connectivity index (χ2v) is 3.55. The van der Waals surface area contributed by atoms with E-state index >= 15 is 0 Å². The molecule has 0 unspecified atom stereocenters. The molecule has 0 aliphatic heterocycles. The van der Waals surface area contributed by atoms with Crippen LogP contribution < -0.4 is 5.32 Å². The SMILES string of the molecule is CCCNC(=O)CC1CC(O)C1. The highest BCUT2D eigenvalue weighted by atomic mass is 16.3. The Hall–Kier alpha value is -0.570. The summed E-state index contributed by atoms with van der Waals surface area (Å²) >= 11 is 0. The molecule has 0 bridgehead atoms. The summed E-state index contributed by atoms with van der Waals surface area (Å²) in [5.74, 6) is 0.561. The molecule has 1 aliphatic rings. The first-order valence-corrected chi connectivity index (χ1v) is 4.67. The molecule has 1 fully saturated rings. The van der Waals surface area contributed by atoms with Crippen LogP contribution in [0.3, 0.4) is 0 Å². The van der Waals surface area contributed by atoms with Crippen LogP contribution in [0, 0.1) is 5.92 Å². The maximum atomic E-state index is 11.1. The van der Waals surface area contributed by atoms with Gasteiger partial charge >= 0.3 is 0 Å². The monoisotopic (exact) mass is 171 g/mol. The van der Waals surface area contributed by atoms with E-state index in [1.807, 2.05) is 6.92 Å². The van der Waals surface area contributed by atoms with Gasteiger partial charge in [-0.3, -0.25) is 4.79 Å². The van der Waals surface area contributed by atoms with Crippen molar-refractivity contribution in [1.29, 1.82) is 0 Å². The van der Waals surface area contributed by atoms with E-state index in [1.54, 1.807) is 0 Å². The van der Waals surface area contributed by atoms with Gasteiger partial charge < -0.3 is 10.4 Å². The van der Waals surface area contributed by atoms with Crippen molar-refractivity contribution in [2.24, 2.45) is 5.92 Å². The Balaban J connectivity index is 2.03. The quantitative estimate of drug-likeness (QED) is 0.653. The van der Waals surface area contributed by atoms with Gasteiger partial charge in [-0.25, -0.2) is 0 Å². The van der Waals surface area contributed by atoms with Crippen LogP contribution in [0.25, 0.3) is 0 Å². The summed E-state index contributed by atoms with van der Waals surface area (Å²) in [7, 11) is 0. The maximum absolute atomic E-state index is 11.1. The number of hydrogen-bond acceptors (Lipinski definition) is 2.